The Morgan fingerprint density at radius 1 is 1.00 bits per heavy atom. The summed E-state index contributed by atoms with van der Waals surface area (Å²) in [5.41, 5.74) is 0. The number of nitrogens with zero attached hydrogens (tertiary/aromatic N) is 1. The van der Waals surface area contributed by atoms with E-state index in [9.17, 15) is 4.39 Å². The van der Waals surface area contributed by atoms with Gasteiger partial charge in [-0.3, -0.25) is 0 Å². The summed E-state index contributed by atoms with van der Waals surface area (Å²) in [5, 5.41) is 2.11. The van der Waals surface area contributed by atoms with Gasteiger partial charge in [-0.05, 0) is 47.2 Å². The highest BCUT2D eigenvalue weighted by Crippen LogP contribution is 2.27. The molecule has 0 radical (unpaired) electrons. The first-order valence-corrected chi connectivity index (χ1v) is 6.49. The quantitative estimate of drug-likeness (QED) is 0.668. The molecule has 19 heavy (non-hydrogen) atoms. The molecule has 3 rings (SSSR count). The van der Waals surface area contributed by atoms with E-state index >= 15 is 0 Å². The molecule has 0 aliphatic rings. The number of rotatable bonds is 2. The van der Waals surface area contributed by atoms with Gasteiger partial charge in [0.1, 0.15) is 5.75 Å². The molecule has 4 heteroatoms. The molecule has 0 aliphatic carbocycles. The van der Waals surface area contributed by atoms with Crippen molar-refractivity contribution in [3.63, 3.8) is 0 Å². The van der Waals surface area contributed by atoms with Crippen LogP contribution in [0, 0.1) is 5.82 Å². The third-order valence-corrected chi connectivity index (χ3v) is 3.21. The van der Waals surface area contributed by atoms with E-state index in [4.69, 9.17) is 4.74 Å². The lowest BCUT2D eigenvalue weighted by Crippen LogP contribution is -1.91. The van der Waals surface area contributed by atoms with Crippen molar-refractivity contribution in [3.8, 4) is 11.6 Å². The van der Waals surface area contributed by atoms with Crippen LogP contribution >= 0.6 is 15.9 Å². The molecule has 0 aliphatic heterocycles. The van der Waals surface area contributed by atoms with E-state index in [1.165, 1.54) is 18.3 Å². The van der Waals surface area contributed by atoms with Crippen molar-refractivity contribution in [1.82, 2.24) is 4.98 Å². The van der Waals surface area contributed by atoms with Gasteiger partial charge in [-0.2, -0.15) is 0 Å². The zero-order valence-corrected chi connectivity index (χ0v) is 11.4. The fourth-order valence-corrected chi connectivity index (χ4v) is 2.19. The highest BCUT2D eigenvalue weighted by molar-refractivity contribution is 9.10. The second-order valence-electron chi connectivity index (χ2n) is 4.05. The highest BCUT2D eigenvalue weighted by Gasteiger charge is 2.05. The standard InChI is InChI=1S/C15H9BrFNO/c16-12-5-3-11-9-13(6-4-10(11)8-12)19-15-14(17)2-1-7-18-15/h1-9H. The number of pyridine rings is 1. The van der Waals surface area contributed by atoms with Gasteiger partial charge in [-0.25, -0.2) is 9.37 Å². The van der Waals surface area contributed by atoms with Crippen LogP contribution in [0.4, 0.5) is 4.39 Å². The molecule has 2 aromatic carbocycles. The molecule has 0 bridgehead atoms. The lowest BCUT2D eigenvalue weighted by Gasteiger charge is -2.06. The first kappa shape index (κ1) is 12.1. The average Bonchev–Trinajstić information content (AvgIpc) is 2.41. The van der Waals surface area contributed by atoms with Gasteiger partial charge < -0.3 is 4.74 Å². The Morgan fingerprint density at radius 2 is 1.79 bits per heavy atom. The molecule has 0 fully saturated rings. The second kappa shape index (κ2) is 4.97. The van der Waals surface area contributed by atoms with Crippen LogP contribution in [0.3, 0.4) is 0 Å². The van der Waals surface area contributed by atoms with Gasteiger partial charge in [0.15, 0.2) is 5.82 Å². The summed E-state index contributed by atoms with van der Waals surface area (Å²) in [6.45, 7) is 0. The summed E-state index contributed by atoms with van der Waals surface area (Å²) in [6, 6.07) is 14.4. The third kappa shape index (κ3) is 2.58. The lowest BCUT2D eigenvalue weighted by molar-refractivity contribution is 0.423. The van der Waals surface area contributed by atoms with Gasteiger partial charge in [-0.15, -0.1) is 0 Å². The van der Waals surface area contributed by atoms with Crippen molar-refractivity contribution in [2.45, 2.75) is 0 Å². The fourth-order valence-electron chi connectivity index (χ4n) is 1.82. The minimum absolute atomic E-state index is 0.0149. The minimum atomic E-state index is -0.474. The number of halogens is 2. The molecule has 0 N–H and O–H groups in total. The van der Waals surface area contributed by atoms with Crippen LogP contribution in [0.1, 0.15) is 0 Å². The van der Waals surface area contributed by atoms with Crippen molar-refractivity contribution in [2.24, 2.45) is 0 Å². The number of aromatic nitrogens is 1. The molecule has 2 nitrogen and oxygen atoms in total. The smallest absolute Gasteiger partial charge is 0.255 e. The Bertz CT molecular complexity index is 745. The van der Waals surface area contributed by atoms with Crippen LogP contribution < -0.4 is 4.74 Å². The molecular formula is C15H9BrFNO. The Morgan fingerprint density at radius 3 is 2.63 bits per heavy atom. The molecule has 1 heterocycles. The third-order valence-electron chi connectivity index (χ3n) is 2.71. The van der Waals surface area contributed by atoms with E-state index in [1.807, 2.05) is 30.3 Å². The average molecular weight is 318 g/mol. The maximum atomic E-state index is 13.4. The summed E-state index contributed by atoms with van der Waals surface area (Å²) in [6.07, 6.45) is 1.50. The molecular weight excluding hydrogens is 309 g/mol. The topological polar surface area (TPSA) is 22.1 Å². The largest absolute Gasteiger partial charge is 0.436 e. The highest BCUT2D eigenvalue weighted by atomic mass is 79.9. The Kier molecular flexibility index (Phi) is 3.17. The molecule has 0 spiro atoms. The number of benzene rings is 2. The van der Waals surface area contributed by atoms with E-state index in [0.29, 0.717) is 5.75 Å². The summed E-state index contributed by atoms with van der Waals surface area (Å²) >= 11 is 3.42. The van der Waals surface area contributed by atoms with Crippen molar-refractivity contribution < 1.29 is 9.13 Å². The number of fused-ring (bicyclic) bond motifs is 1. The Balaban J connectivity index is 1.98. The normalized spacial score (nSPS) is 10.6. The number of hydrogen-bond donors (Lipinski definition) is 0. The van der Waals surface area contributed by atoms with E-state index in [0.717, 1.165) is 15.2 Å². The van der Waals surface area contributed by atoms with Crippen LogP contribution in [-0.4, -0.2) is 4.98 Å². The summed E-state index contributed by atoms with van der Waals surface area (Å²) in [5.74, 6) is 0.0739. The van der Waals surface area contributed by atoms with Crippen LogP contribution in [0.15, 0.2) is 59.2 Å². The van der Waals surface area contributed by atoms with Crippen molar-refractivity contribution in [1.29, 1.82) is 0 Å². The number of ether oxygens (including phenoxy) is 1. The molecule has 94 valence electrons. The maximum Gasteiger partial charge on any atom is 0.255 e. The van der Waals surface area contributed by atoms with E-state index in [2.05, 4.69) is 20.9 Å². The van der Waals surface area contributed by atoms with Gasteiger partial charge >= 0.3 is 0 Å². The zero-order valence-electron chi connectivity index (χ0n) is 9.81. The van der Waals surface area contributed by atoms with Crippen molar-refractivity contribution in [3.05, 3.63) is 65.0 Å². The SMILES string of the molecule is Fc1cccnc1Oc1ccc2cc(Br)ccc2c1. The second-order valence-corrected chi connectivity index (χ2v) is 4.96. The summed E-state index contributed by atoms with van der Waals surface area (Å²) in [4.78, 5) is 3.86. The first-order chi connectivity index (χ1) is 9.22. The predicted molar refractivity (Wildman–Crippen MR) is 75.9 cm³/mol. The van der Waals surface area contributed by atoms with E-state index in [1.54, 1.807) is 6.07 Å². The monoisotopic (exact) mass is 317 g/mol. The first-order valence-electron chi connectivity index (χ1n) is 5.70. The van der Waals surface area contributed by atoms with Crippen LogP contribution in [0.5, 0.6) is 11.6 Å². The molecule has 0 amide bonds. The van der Waals surface area contributed by atoms with Gasteiger partial charge in [-0.1, -0.05) is 28.1 Å². The van der Waals surface area contributed by atoms with E-state index < -0.39 is 5.82 Å². The van der Waals surface area contributed by atoms with Crippen LogP contribution in [0.2, 0.25) is 0 Å². The Labute approximate surface area is 118 Å². The van der Waals surface area contributed by atoms with Crippen molar-refractivity contribution >= 4 is 26.7 Å². The minimum Gasteiger partial charge on any atom is -0.436 e. The fraction of sp³-hybridized carbons (Fsp3) is 0. The molecule has 1 aromatic heterocycles. The van der Waals surface area contributed by atoms with E-state index in [-0.39, 0.29) is 5.88 Å². The molecule has 0 atom stereocenters. The number of hydrogen-bond acceptors (Lipinski definition) is 2. The molecule has 0 saturated carbocycles. The maximum absolute atomic E-state index is 13.4. The molecule has 0 saturated heterocycles. The van der Waals surface area contributed by atoms with Gasteiger partial charge in [0.25, 0.3) is 5.88 Å². The van der Waals surface area contributed by atoms with Crippen LogP contribution in [-0.2, 0) is 0 Å². The Hall–Kier alpha value is -1.94. The predicted octanol–water partition coefficient (Wildman–Crippen LogP) is 4.93. The van der Waals surface area contributed by atoms with Crippen LogP contribution in [0.25, 0.3) is 10.8 Å². The zero-order chi connectivity index (χ0) is 13.2. The molecule has 0 unspecified atom stereocenters. The lowest BCUT2D eigenvalue weighted by atomic mass is 10.1. The molecule has 3 aromatic rings. The van der Waals surface area contributed by atoms with Gasteiger partial charge in [0.05, 0.1) is 0 Å². The summed E-state index contributed by atoms with van der Waals surface area (Å²) in [7, 11) is 0. The summed E-state index contributed by atoms with van der Waals surface area (Å²) < 4.78 is 19.9. The van der Waals surface area contributed by atoms with Gasteiger partial charge in [0, 0.05) is 10.7 Å². The van der Waals surface area contributed by atoms with Gasteiger partial charge in [0.2, 0.25) is 0 Å². The van der Waals surface area contributed by atoms with Crippen molar-refractivity contribution in [2.75, 3.05) is 0 Å².